The number of rotatable bonds is 9. The van der Waals surface area contributed by atoms with Crippen LogP contribution in [0.25, 0.3) is 0 Å². The lowest BCUT2D eigenvalue weighted by Gasteiger charge is -2.30. The van der Waals surface area contributed by atoms with E-state index < -0.39 is 6.04 Å². The van der Waals surface area contributed by atoms with Crippen LogP contribution < -0.4 is 5.32 Å². The minimum absolute atomic E-state index is 0.174. The molecule has 0 saturated heterocycles. The van der Waals surface area contributed by atoms with Gasteiger partial charge in [-0.15, -0.1) is 11.8 Å². The largest absolute Gasteiger partial charge is 0.357 e. The third-order valence-corrected chi connectivity index (χ3v) is 5.29. The highest BCUT2D eigenvalue weighted by molar-refractivity contribution is 7.99. The monoisotopic (exact) mass is 406 g/mol. The molecular weight excluding hydrogens is 382 g/mol. The molecular formula is C21H24F2N2O2S. The maximum atomic E-state index is 13.2. The van der Waals surface area contributed by atoms with Crippen molar-refractivity contribution >= 4 is 23.6 Å². The Morgan fingerprint density at radius 1 is 1.00 bits per heavy atom. The van der Waals surface area contributed by atoms with E-state index in [9.17, 15) is 18.4 Å². The molecule has 0 aromatic heterocycles. The molecule has 0 unspecified atom stereocenters. The van der Waals surface area contributed by atoms with Crippen molar-refractivity contribution in [1.29, 1.82) is 0 Å². The van der Waals surface area contributed by atoms with E-state index in [1.54, 1.807) is 24.3 Å². The standard InChI is InChI=1S/C21H24F2N2O2S/c1-3-19(21(27)24-2)25(12-15-4-8-17(22)9-5-15)20(26)14-28-13-16-6-10-18(23)11-7-16/h4-11,19H,3,12-14H2,1-2H3,(H,24,27)/t19-/m0/s1. The quantitative estimate of drug-likeness (QED) is 0.690. The third-order valence-electron chi connectivity index (χ3n) is 4.31. The van der Waals surface area contributed by atoms with Gasteiger partial charge in [-0.25, -0.2) is 8.78 Å². The third kappa shape index (κ3) is 6.34. The fourth-order valence-corrected chi connectivity index (χ4v) is 3.66. The summed E-state index contributed by atoms with van der Waals surface area (Å²) >= 11 is 1.40. The van der Waals surface area contributed by atoms with Gasteiger partial charge in [-0.1, -0.05) is 31.2 Å². The van der Waals surface area contributed by atoms with Crippen LogP contribution in [0.2, 0.25) is 0 Å². The molecule has 0 radical (unpaired) electrons. The van der Waals surface area contributed by atoms with Gasteiger partial charge in [0.25, 0.3) is 0 Å². The highest BCUT2D eigenvalue weighted by Gasteiger charge is 2.27. The van der Waals surface area contributed by atoms with Crippen LogP contribution in [-0.2, 0) is 21.9 Å². The van der Waals surface area contributed by atoms with Crippen LogP contribution in [0.1, 0.15) is 24.5 Å². The Labute approximate surface area is 168 Å². The topological polar surface area (TPSA) is 49.4 Å². The van der Waals surface area contributed by atoms with Crippen molar-refractivity contribution in [1.82, 2.24) is 10.2 Å². The van der Waals surface area contributed by atoms with Gasteiger partial charge in [-0.2, -0.15) is 0 Å². The number of carbonyl (C=O) groups is 2. The van der Waals surface area contributed by atoms with Gasteiger partial charge in [-0.05, 0) is 41.8 Å². The Morgan fingerprint density at radius 2 is 1.54 bits per heavy atom. The van der Waals surface area contributed by atoms with Gasteiger partial charge >= 0.3 is 0 Å². The Kier molecular flexibility index (Phi) is 8.44. The van der Waals surface area contributed by atoms with E-state index in [0.29, 0.717) is 12.2 Å². The number of amides is 2. The van der Waals surface area contributed by atoms with Gasteiger partial charge in [0.15, 0.2) is 0 Å². The average Bonchev–Trinajstić information content (AvgIpc) is 2.70. The van der Waals surface area contributed by atoms with Gasteiger partial charge in [-0.3, -0.25) is 9.59 Å². The first-order chi connectivity index (χ1) is 13.4. The zero-order valence-electron chi connectivity index (χ0n) is 16.0. The molecule has 1 atom stereocenters. The second-order valence-electron chi connectivity index (χ2n) is 6.31. The molecule has 4 nitrogen and oxygen atoms in total. The number of hydrogen-bond acceptors (Lipinski definition) is 3. The molecule has 0 spiro atoms. The van der Waals surface area contributed by atoms with E-state index in [2.05, 4.69) is 5.32 Å². The molecule has 0 saturated carbocycles. The summed E-state index contributed by atoms with van der Waals surface area (Å²) in [6, 6.07) is 11.4. The molecule has 2 amide bonds. The number of carbonyl (C=O) groups excluding carboxylic acids is 2. The van der Waals surface area contributed by atoms with Gasteiger partial charge in [0.05, 0.1) is 5.75 Å². The fourth-order valence-electron chi connectivity index (χ4n) is 2.79. The zero-order chi connectivity index (χ0) is 20.5. The van der Waals surface area contributed by atoms with Crippen LogP contribution >= 0.6 is 11.8 Å². The molecule has 0 aliphatic carbocycles. The summed E-state index contributed by atoms with van der Waals surface area (Å²) in [6.45, 7) is 2.07. The minimum atomic E-state index is -0.603. The van der Waals surface area contributed by atoms with E-state index in [0.717, 1.165) is 11.1 Å². The molecule has 150 valence electrons. The maximum absolute atomic E-state index is 13.2. The van der Waals surface area contributed by atoms with Crippen molar-refractivity contribution < 1.29 is 18.4 Å². The number of thioether (sulfide) groups is 1. The average molecular weight is 406 g/mol. The van der Waals surface area contributed by atoms with Crippen molar-refractivity contribution in [2.75, 3.05) is 12.8 Å². The summed E-state index contributed by atoms with van der Waals surface area (Å²) < 4.78 is 26.2. The van der Waals surface area contributed by atoms with Gasteiger partial charge in [0.1, 0.15) is 17.7 Å². The normalized spacial score (nSPS) is 11.7. The van der Waals surface area contributed by atoms with Crippen molar-refractivity contribution in [3.63, 3.8) is 0 Å². The zero-order valence-corrected chi connectivity index (χ0v) is 16.8. The molecule has 0 fully saturated rings. The molecule has 2 aromatic rings. The Balaban J connectivity index is 2.07. The number of nitrogens with one attached hydrogen (secondary N) is 1. The first-order valence-corrected chi connectivity index (χ1v) is 10.2. The molecule has 1 N–H and O–H groups in total. The van der Waals surface area contributed by atoms with E-state index >= 15 is 0 Å². The summed E-state index contributed by atoms with van der Waals surface area (Å²) in [5.41, 5.74) is 1.67. The summed E-state index contributed by atoms with van der Waals surface area (Å²) in [4.78, 5) is 26.7. The van der Waals surface area contributed by atoms with Crippen LogP contribution in [0.15, 0.2) is 48.5 Å². The van der Waals surface area contributed by atoms with E-state index in [-0.39, 0.29) is 35.7 Å². The van der Waals surface area contributed by atoms with Crippen molar-refractivity contribution in [3.05, 3.63) is 71.3 Å². The second-order valence-corrected chi connectivity index (χ2v) is 7.29. The van der Waals surface area contributed by atoms with Crippen LogP contribution in [0.3, 0.4) is 0 Å². The highest BCUT2D eigenvalue weighted by Crippen LogP contribution is 2.17. The van der Waals surface area contributed by atoms with E-state index in [1.165, 1.54) is 48.0 Å². The number of nitrogens with zero attached hydrogens (tertiary/aromatic N) is 1. The minimum Gasteiger partial charge on any atom is -0.357 e. The second kappa shape index (κ2) is 10.8. The molecule has 0 aliphatic rings. The molecule has 0 aliphatic heterocycles. The molecule has 7 heteroatoms. The Hall–Kier alpha value is -2.41. The van der Waals surface area contributed by atoms with Crippen molar-refractivity contribution in [2.45, 2.75) is 31.7 Å². The van der Waals surface area contributed by atoms with Gasteiger partial charge < -0.3 is 10.2 Å². The van der Waals surface area contributed by atoms with Crippen LogP contribution in [0.4, 0.5) is 8.78 Å². The SMILES string of the molecule is CC[C@@H](C(=O)NC)N(Cc1ccc(F)cc1)C(=O)CSCc1ccc(F)cc1. The summed E-state index contributed by atoms with van der Waals surface area (Å²) in [6.07, 6.45) is 0.467. The first-order valence-electron chi connectivity index (χ1n) is 9.02. The number of likely N-dealkylation sites (N-methyl/N-ethyl adjacent to an activating group) is 1. The van der Waals surface area contributed by atoms with E-state index in [4.69, 9.17) is 0 Å². The predicted octanol–water partition coefficient (Wildman–Crippen LogP) is 3.75. The maximum Gasteiger partial charge on any atom is 0.242 e. The van der Waals surface area contributed by atoms with E-state index in [1.807, 2.05) is 6.92 Å². The molecule has 0 heterocycles. The molecule has 28 heavy (non-hydrogen) atoms. The van der Waals surface area contributed by atoms with Gasteiger partial charge in [0.2, 0.25) is 11.8 Å². The predicted molar refractivity (Wildman–Crippen MR) is 108 cm³/mol. The smallest absolute Gasteiger partial charge is 0.242 e. The first kappa shape index (κ1) is 21.9. The lowest BCUT2D eigenvalue weighted by atomic mass is 10.1. The number of halogens is 2. The Bertz CT molecular complexity index is 782. The van der Waals surface area contributed by atoms with Crippen molar-refractivity contribution in [3.8, 4) is 0 Å². The lowest BCUT2D eigenvalue weighted by Crippen LogP contribution is -2.48. The lowest BCUT2D eigenvalue weighted by molar-refractivity contribution is -0.139. The number of benzene rings is 2. The number of hydrogen-bond donors (Lipinski definition) is 1. The summed E-state index contributed by atoms with van der Waals surface area (Å²) in [7, 11) is 1.54. The highest BCUT2D eigenvalue weighted by atomic mass is 32.2. The van der Waals surface area contributed by atoms with Crippen LogP contribution in [-0.4, -0.2) is 35.6 Å². The molecule has 2 rings (SSSR count). The molecule has 0 bridgehead atoms. The van der Waals surface area contributed by atoms with Crippen LogP contribution in [0.5, 0.6) is 0 Å². The summed E-state index contributed by atoms with van der Waals surface area (Å²) in [5.74, 6) is -0.311. The molecule has 2 aromatic carbocycles. The van der Waals surface area contributed by atoms with Crippen LogP contribution in [0, 0.1) is 11.6 Å². The van der Waals surface area contributed by atoms with Crippen molar-refractivity contribution in [2.24, 2.45) is 0 Å². The fraction of sp³-hybridized carbons (Fsp3) is 0.333. The Morgan fingerprint density at radius 3 is 2.04 bits per heavy atom. The van der Waals surface area contributed by atoms with Gasteiger partial charge in [0, 0.05) is 19.3 Å². The summed E-state index contributed by atoms with van der Waals surface area (Å²) in [5, 5.41) is 2.60.